The fourth-order valence-corrected chi connectivity index (χ4v) is 4.54. The van der Waals surface area contributed by atoms with Crippen LogP contribution in [0.5, 0.6) is 0 Å². The lowest BCUT2D eigenvalue weighted by atomic mass is 10.1. The first-order chi connectivity index (χ1) is 14.9. The average Bonchev–Trinajstić information content (AvgIpc) is 3.33. The van der Waals surface area contributed by atoms with E-state index in [1.165, 1.54) is 17.4 Å². The number of rotatable bonds is 5. The zero-order chi connectivity index (χ0) is 22.0. The van der Waals surface area contributed by atoms with Crippen molar-refractivity contribution in [3.05, 3.63) is 75.3 Å². The molecule has 158 valence electrons. The summed E-state index contributed by atoms with van der Waals surface area (Å²) < 4.78 is 0. The molecule has 1 fully saturated rings. The fraction of sp³-hybridized carbons (Fsp3) is 0.217. The van der Waals surface area contributed by atoms with Gasteiger partial charge in [-0.1, -0.05) is 41.1 Å². The molecule has 4 rings (SSSR count). The molecule has 1 aliphatic rings. The highest BCUT2D eigenvalue weighted by molar-refractivity contribution is 7.15. The molecule has 2 amide bonds. The van der Waals surface area contributed by atoms with E-state index in [0.717, 1.165) is 27.4 Å². The fourth-order valence-electron chi connectivity index (χ4n) is 3.57. The number of amides is 2. The monoisotopic (exact) mass is 452 g/mol. The first-order valence-electron chi connectivity index (χ1n) is 9.84. The minimum atomic E-state index is -0.294. The van der Waals surface area contributed by atoms with Crippen LogP contribution in [0.4, 0.5) is 10.8 Å². The van der Waals surface area contributed by atoms with Crippen LogP contribution in [0, 0.1) is 13.8 Å². The Morgan fingerprint density at radius 3 is 2.58 bits per heavy atom. The molecule has 6 nitrogen and oxygen atoms in total. The third-order valence-corrected chi connectivity index (χ3v) is 6.21. The normalized spacial score (nSPS) is 16.3. The largest absolute Gasteiger partial charge is 0.312 e. The summed E-state index contributed by atoms with van der Waals surface area (Å²) in [6, 6.07) is 13.3. The van der Waals surface area contributed by atoms with E-state index in [1.54, 1.807) is 23.1 Å². The summed E-state index contributed by atoms with van der Waals surface area (Å²) in [5.41, 5.74) is 4.03. The molecular formula is C23H21ClN4O2S. The minimum absolute atomic E-state index is 0.0407. The lowest BCUT2D eigenvalue weighted by Crippen LogP contribution is -2.24. The average molecular weight is 453 g/mol. The number of nitrogens with one attached hydrogen (secondary N) is 1. The van der Waals surface area contributed by atoms with Crippen LogP contribution in [0.15, 0.2) is 48.5 Å². The molecule has 31 heavy (non-hydrogen) atoms. The van der Waals surface area contributed by atoms with Gasteiger partial charge in [0.15, 0.2) is 0 Å². The van der Waals surface area contributed by atoms with E-state index in [1.807, 2.05) is 38.1 Å². The van der Waals surface area contributed by atoms with Crippen LogP contribution in [0.1, 0.15) is 34.0 Å². The Morgan fingerprint density at radius 1 is 1.16 bits per heavy atom. The van der Waals surface area contributed by atoms with Crippen molar-refractivity contribution in [2.45, 2.75) is 26.2 Å². The summed E-state index contributed by atoms with van der Waals surface area (Å²) in [6.45, 7) is 4.60. The highest BCUT2D eigenvalue weighted by atomic mass is 35.5. The van der Waals surface area contributed by atoms with Gasteiger partial charge in [0.1, 0.15) is 5.01 Å². The van der Waals surface area contributed by atoms with E-state index in [0.29, 0.717) is 23.1 Å². The van der Waals surface area contributed by atoms with Crippen molar-refractivity contribution >= 4 is 51.6 Å². The second kappa shape index (κ2) is 8.99. The lowest BCUT2D eigenvalue weighted by Gasteiger charge is -2.17. The number of aryl methyl sites for hydroxylation is 2. The number of carbonyl (C=O) groups excluding carboxylic acids is 2. The summed E-state index contributed by atoms with van der Waals surface area (Å²) in [4.78, 5) is 26.6. The second-order valence-corrected chi connectivity index (χ2v) is 9.02. The quantitative estimate of drug-likeness (QED) is 0.554. The van der Waals surface area contributed by atoms with Crippen LogP contribution >= 0.6 is 22.9 Å². The Balaban J connectivity index is 1.40. The molecule has 0 aliphatic carbocycles. The van der Waals surface area contributed by atoms with Crippen LogP contribution in [0.25, 0.3) is 6.08 Å². The summed E-state index contributed by atoms with van der Waals surface area (Å²) in [6.07, 6.45) is 3.52. The van der Waals surface area contributed by atoms with Gasteiger partial charge in [0.25, 0.3) is 0 Å². The van der Waals surface area contributed by atoms with Gasteiger partial charge < -0.3 is 4.90 Å². The Labute approximate surface area is 189 Å². The van der Waals surface area contributed by atoms with Gasteiger partial charge in [-0.3, -0.25) is 14.9 Å². The van der Waals surface area contributed by atoms with Crippen molar-refractivity contribution < 1.29 is 9.59 Å². The third kappa shape index (κ3) is 5.18. The number of nitrogens with zero attached hydrogens (tertiary/aromatic N) is 3. The molecule has 3 aromatic rings. The predicted molar refractivity (Wildman–Crippen MR) is 125 cm³/mol. The molecule has 1 aromatic heterocycles. The molecule has 0 saturated carbocycles. The van der Waals surface area contributed by atoms with Crippen LogP contribution < -0.4 is 10.2 Å². The molecule has 1 saturated heterocycles. The SMILES string of the molecule is Cc1cc(C)cc(N2CC(c3nnc(NC(=O)/C=C/c4ccc(Cl)cc4)s3)CC2=O)c1. The van der Waals surface area contributed by atoms with E-state index < -0.39 is 0 Å². The van der Waals surface area contributed by atoms with E-state index in [9.17, 15) is 9.59 Å². The van der Waals surface area contributed by atoms with E-state index >= 15 is 0 Å². The first kappa shape index (κ1) is 21.2. The van der Waals surface area contributed by atoms with Gasteiger partial charge in [0.05, 0.1) is 0 Å². The molecule has 1 N–H and O–H groups in total. The van der Waals surface area contributed by atoms with Crippen molar-refractivity contribution in [1.82, 2.24) is 10.2 Å². The van der Waals surface area contributed by atoms with Gasteiger partial charge in [-0.05, 0) is 60.9 Å². The van der Waals surface area contributed by atoms with Crippen molar-refractivity contribution in [2.24, 2.45) is 0 Å². The Morgan fingerprint density at radius 2 is 1.87 bits per heavy atom. The number of aromatic nitrogens is 2. The standard InChI is InChI=1S/C23H21ClN4O2S/c1-14-9-15(2)11-19(10-14)28-13-17(12-21(28)30)22-26-27-23(31-22)25-20(29)8-5-16-3-6-18(24)7-4-16/h3-11,17H,12-13H2,1-2H3,(H,25,27,29)/b8-5+. The van der Waals surface area contributed by atoms with Crippen molar-refractivity contribution in [3.8, 4) is 0 Å². The summed E-state index contributed by atoms with van der Waals surface area (Å²) in [7, 11) is 0. The van der Waals surface area contributed by atoms with Gasteiger partial charge in [-0.25, -0.2) is 0 Å². The van der Waals surface area contributed by atoms with Crippen LogP contribution in [-0.2, 0) is 9.59 Å². The molecule has 1 aliphatic heterocycles. The molecule has 0 bridgehead atoms. The van der Waals surface area contributed by atoms with Gasteiger partial charge in [0, 0.05) is 35.7 Å². The zero-order valence-corrected chi connectivity index (χ0v) is 18.7. The predicted octanol–water partition coefficient (Wildman–Crippen LogP) is 4.98. The second-order valence-electron chi connectivity index (χ2n) is 7.57. The summed E-state index contributed by atoms with van der Waals surface area (Å²) >= 11 is 7.17. The molecule has 1 atom stereocenters. The smallest absolute Gasteiger partial charge is 0.250 e. The number of hydrogen-bond acceptors (Lipinski definition) is 5. The van der Waals surface area contributed by atoms with Crippen molar-refractivity contribution in [2.75, 3.05) is 16.8 Å². The molecule has 0 radical (unpaired) electrons. The third-order valence-electron chi connectivity index (χ3n) is 4.96. The van der Waals surface area contributed by atoms with Crippen LogP contribution in [0.3, 0.4) is 0 Å². The van der Waals surface area contributed by atoms with Crippen molar-refractivity contribution in [3.63, 3.8) is 0 Å². The summed E-state index contributed by atoms with van der Waals surface area (Å²) in [5.74, 6) is -0.264. The molecule has 2 heterocycles. The van der Waals surface area contributed by atoms with E-state index in [2.05, 4.69) is 21.6 Å². The Kier molecular flexibility index (Phi) is 6.15. The number of benzene rings is 2. The Hall–Kier alpha value is -3.03. The number of carbonyl (C=O) groups is 2. The maximum Gasteiger partial charge on any atom is 0.250 e. The molecule has 2 aromatic carbocycles. The molecule has 8 heteroatoms. The van der Waals surface area contributed by atoms with Gasteiger partial charge >= 0.3 is 0 Å². The van der Waals surface area contributed by atoms with Gasteiger partial charge in [-0.2, -0.15) is 0 Å². The minimum Gasteiger partial charge on any atom is -0.312 e. The number of hydrogen-bond donors (Lipinski definition) is 1. The summed E-state index contributed by atoms with van der Waals surface area (Å²) in [5, 5.41) is 12.8. The molecule has 1 unspecified atom stereocenters. The zero-order valence-electron chi connectivity index (χ0n) is 17.1. The first-order valence-corrected chi connectivity index (χ1v) is 11.0. The number of halogens is 1. The lowest BCUT2D eigenvalue weighted by molar-refractivity contribution is -0.117. The highest BCUT2D eigenvalue weighted by Crippen LogP contribution is 2.34. The molecule has 0 spiro atoms. The van der Waals surface area contributed by atoms with Crippen molar-refractivity contribution in [1.29, 1.82) is 0 Å². The van der Waals surface area contributed by atoms with Gasteiger partial charge in [0.2, 0.25) is 16.9 Å². The highest BCUT2D eigenvalue weighted by Gasteiger charge is 2.34. The maximum atomic E-state index is 12.6. The topological polar surface area (TPSA) is 75.2 Å². The molecular weight excluding hydrogens is 432 g/mol. The number of anilines is 2. The maximum absolute atomic E-state index is 12.6. The van der Waals surface area contributed by atoms with Gasteiger partial charge in [-0.15, -0.1) is 10.2 Å². The van der Waals surface area contributed by atoms with E-state index in [-0.39, 0.29) is 17.7 Å². The van der Waals surface area contributed by atoms with E-state index in [4.69, 9.17) is 11.6 Å². The van der Waals surface area contributed by atoms with Crippen LogP contribution in [-0.4, -0.2) is 28.6 Å². The Bertz CT molecular complexity index is 1140. The van der Waals surface area contributed by atoms with Crippen LogP contribution in [0.2, 0.25) is 5.02 Å².